The number of carbonyl (C=O) groups excluding carboxylic acids is 2. The molecule has 0 bridgehead atoms. The predicted octanol–water partition coefficient (Wildman–Crippen LogP) is 3.43. The van der Waals surface area contributed by atoms with E-state index in [1.54, 1.807) is 17.0 Å². The van der Waals surface area contributed by atoms with Gasteiger partial charge >= 0.3 is 6.09 Å². The van der Waals surface area contributed by atoms with Crippen LogP contribution in [0.15, 0.2) is 18.2 Å². The Morgan fingerprint density at radius 2 is 2.00 bits per heavy atom. The quantitative estimate of drug-likeness (QED) is 0.779. The number of nitrogens with zero attached hydrogens (tertiary/aromatic N) is 2. The van der Waals surface area contributed by atoms with E-state index >= 15 is 0 Å². The van der Waals surface area contributed by atoms with E-state index < -0.39 is 0 Å². The number of nitrogens with one attached hydrogen (secondary N) is 2. The van der Waals surface area contributed by atoms with Crippen molar-refractivity contribution in [3.05, 3.63) is 35.3 Å². The Bertz CT molecular complexity index is 913. The predicted molar refractivity (Wildman–Crippen MR) is 117 cm³/mol. The number of hydrogen-bond acceptors (Lipinski definition) is 4. The lowest BCUT2D eigenvalue weighted by molar-refractivity contribution is 0.0533. The van der Waals surface area contributed by atoms with Crippen LogP contribution < -0.4 is 5.32 Å². The second-order valence-corrected chi connectivity index (χ2v) is 8.55. The van der Waals surface area contributed by atoms with Gasteiger partial charge in [-0.05, 0) is 57.2 Å². The minimum absolute atomic E-state index is 0.0895. The zero-order valence-electron chi connectivity index (χ0n) is 18.2. The molecule has 2 fully saturated rings. The molecule has 1 aromatic heterocycles. The maximum Gasteiger partial charge on any atom is 0.409 e. The molecule has 0 unspecified atom stereocenters. The van der Waals surface area contributed by atoms with E-state index in [4.69, 9.17) is 4.74 Å². The highest BCUT2D eigenvalue weighted by molar-refractivity contribution is 5.99. The van der Waals surface area contributed by atoms with Crippen molar-refractivity contribution >= 4 is 22.9 Å². The third-order valence-electron chi connectivity index (χ3n) is 6.53. The van der Waals surface area contributed by atoms with E-state index in [0.29, 0.717) is 42.3 Å². The van der Waals surface area contributed by atoms with Crippen molar-refractivity contribution in [2.75, 3.05) is 32.8 Å². The summed E-state index contributed by atoms with van der Waals surface area (Å²) in [5.41, 5.74) is 1.98. The number of ether oxygens (including phenoxy) is 1. The highest BCUT2D eigenvalue weighted by Gasteiger charge is 2.31. The van der Waals surface area contributed by atoms with Crippen molar-refractivity contribution in [1.29, 1.82) is 0 Å². The Balaban J connectivity index is 1.34. The smallest absolute Gasteiger partial charge is 0.409 e. The van der Waals surface area contributed by atoms with Gasteiger partial charge in [-0.25, -0.2) is 9.18 Å². The molecule has 2 atom stereocenters. The SMILES string of the molecule is CCOC(=O)N1CCN([C@H]2CCC[C@@H](NC(=O)c3cc4c(F)ccc(C)c4[nH]3)C2)CC1. The van der Waals surface area contributed by atoms with E-state index in [0.717, 1.165) is 44.3 Å². The summed E-state index contributed by atoms with van der Waals surface area (Å²) in [6, 6.07) is 5.23. The maximum atomic E-state index is 14.1. The van der Waals surface area contributed by atoms with Crippen LogP contribution in [0.3, 0.4) is 0 Å². The van der Waals surface area contributed by atoms with Crippen LogP contribution in [0, 0.1) is 12.7 Å². The third-order valence-corrected chi connectivity index (χ3v) is 6.53. The van der Waals surface area contributed by atoms with Crippen molar-refractivity contribution in [2.45, 2.75) is 51.6 Å². The van der Waals surface area contributed by atoms with Gasteiger partial charge < -0.3 is 19.9 Å². The molecule has 31 heavy (non-hydrogen) atoms. The minimum Gasteiger partial charge on any atom is -0.450 e. The second-order valence-electron chi connectivity index (χ2n) is 8.55. The largest absolute Gasteiger partial charge is 0.450 e. The maximum absolute atomic E-state index is 14.1. The zero-order chi connectivity index (χ0) is 22.0. The summed E-state index contributed by atoms with van der Waals surface area (Å²) in [6.45, 7) is 7.10. The summed E-state index contributed by atoms with van der Waals surface area (Å²) in [5, 5.41) is 3.59. The molecule has 8 heteroatoms. The molecule has 2 N–H and O–H groups in total. The van der Waals surface area contributed by atoms with E-state index in [9.17, 15) is 14.0 Å². The number of rotatable bonds is 4. The first kappa shape index (κ1) is 21.6. The van der Waals surface area contributed by atoms with Crippen molar-refractivity contribution < 1.29 is 18.7 Å². The highest BCUT2D eigenvalue weighted by atomic mass is 19.1. The van der Waals surface area contributed by atoms with Crippen LogP contribution in [0.1, 0.15) is 48.7 Å². The van der Waals surface area contributed by atoms with Gasteiger partial charge in [-0.2, -0.15) is 0 Å². The number of benzene rings is 1. The molecule has 2 aromatic rings. The van der Waals surface area contributed by atoms with Crippen LogP contribution in [0.5, 0.6) is 0 Å². The fraction of sp³-hybridized carbons (Fsp3) is 0.565. The number of aromatic amines is 1. The number of hydrogen-bond donors (Lipinski definition) is 2. The summed E-state index contributed by atoms with van der Waals surface area (Å²) in [5.74, 6) is -0.511. The zero-order valence-corrected chi connectivity index (χ0v) is 18.2. The van der Waals surface area contributed by atoms with Gasteiger partial charge in [0.05, 0.1) is 12.1 Å². The first-order valence-corrected chi connectivity index (χ1v) is 11.2. The molecule has 1 saturated carbocycles. The van der Waals surface area contributed by atoms with Crippen molar-refractivity contribution in [3.8, 4) is 0 Å². The van der Waals surface area contributed by atoms with E-state index in [1.807, 2.05) is 13.8 Å². The van der Waals surface area contributed by atoms with Crippen LogP contribution in [-0.4, -0.2) is 71.7 Å². The van der Waals surface area contributed by atoms with Gasteiger partial charge in [-0.1, -0.05) is 6.07 Å². The molecule has 1 saturated heterocycles. The number of piperazine rings is 1. The Morgan fingerprint density at radius 3 is 2.71 bits per heavy atom. The Morgan fingerprint density at radius 1 is 1.23 bits per heavy atom. The standard InChI is InChI=1S/C23H31FN4O3/c1-3-31-23(30)28-11-9-27(10-12-28)17-6-4-5-16(13-17)25-22(29)20-14-18-19(24)8-7-15(2)21(18)26-20/h7-8,14,16-17,26H,3-6,9-13H2,1-2H3,(H,25,29)/t16-,17+/m1/s1. The van der Waals surface area contributed by atoms with Gasteiger partial charge in [0.15, 0.2) is 0 Å². The normalized spacial score (nSPS) is 22.5. The monoisotopic (exact) mass is 430 g/mol. The van der Waals surface area contributed by atoms with E-state index in [-0.39, 0.29) is 23.9 Å². The van der Waals surface area contributed by atoms with E-state index in [1.165, 1.54) is 6.07 Å². The molecule has 7 nitrogen and oxygen atoms in total. The highest BCUT2D eigenvalue weighted by Crippen LogP contribution is 2.26. The van der Waals surface area contributed by atoms with Gasteiger partial charge in [-0.15, -0.1) is 0 Å². The number of fused-ring (bicyclic) bond motifs is 1. The van der Waals surface area contributed by atoms with Gasteiger partial charge in [0.25, 0.3) is 5.91 Å². The molecule has 1 aliphatic heterocycles. The Kier molecular flexibility index (Phi) is 6.46. The summed E-state index contributed by atoms with van der Waals surface area (Å²) in [6.07, 6.45) is 3.75. The molecule has 2 aliphatic rings. The molecule has 0 spiro atoms. The Labute approximate surface area is 181 Å². The Hall–Kier alpha value is -2.61. The fourth-order valence-electron chi connectivity index (χ4n) is 4.82. The molecule has 2 amide bonds. The average Bonchev–Trinajstić information content (AvgIpc) is 3.24. The van der Waals surface area contributed by atoms with Crippen molar-refractivity contribution in [3.63, 3.8) is 0 Å². The van der Waals surface area contributed by atoms with Crippen LogP contribution in [0.25, 0.3) is 10.9 Å². The van der Waals surface area contributed by atoms with Crippen LogP contribution in [0.2, 0.25) is 0 Å². The molecule has 168 valence electrons. The lowest BCUT2D eigenvalue weighted by atomic mass is 9.89. The van der Waals surface area contributed by atoms with Gasteiger partial charge in [0, 0.05) is 43.6 Å². The molecule has 1 aromatic carbocycles. The van der Waals surface area contributed by atoms with Crippen molar-refractivity contribution in [1.82, 2.24) is 20.1 Å². The van der Waals surface area contributed by atoms with Gasteiger partial charge in [0.2, 0.25) is 0 Å². The van der Waals surface area contributed by atoms with Crippen LogP contribution in [0.4, 0.5) is 9.18 Å². The summed E-state index contributed by atoms with van der Waals surface area (Å²) in [7, 11) is 0. The number of aryl methyl sites for hydroxylation is 1. The number of carbonyl (C=O) groups is 2. The van der Waals surface area contributed by atoms with E-state index in [2.05, 4.69) is 15.2 Å². The summed E-state index contributed by atoms with van der Waals surface area (Å²) >= 11 is 0. The number of aromatic nitrogens is 1. The third kappa shape index (κ3) is 4.69. The number of amides is 2. The first-order valence-electron chi connectivity index (χ1n) is 11.2. The first-order chi connectivity index (χ1) is 15.0. The lowest BCUT2D eigenvalue weighted by Crippen LogP contribution is -2.54. The minimum atomic E-state index is -0.324. The van der Waals surface area contributed by atoms with Gasteiger partial charge in [0.1, 0.15) is 11.5 Å². The topological polar surface area (TPSA) is 77.7 Å². The van der Waals surface area contributed by atoms with Crippen LogP contribution >= 0.6 is 0 Å². The average molecular weight is 431 g/mol. The number of halogens is 1. The molecular weight excluding hydrogens is 399 g/mol. The molecule has 2 heterocycles. The number of H-pyrrole nitrogens is 1. The summed E-state index contributed by atoms with van der Waals surface area (Å²) < 4.78 is 19.2. The molecule has 0 radical (unpaired) electrons. The molecule has 4 rings (SSSR count). The lowest BCUT2D eigenvalue weighted by Gasteiger charge is -2.42. The fourth-order valence-corrected chi connectivity index (χ4v) is 4.82. The van der Waals surface area contributed by atoms with Gasteiger partial charge in [-0.3, -0.25) is 9.69 Å². The van der Waals surface area contributed by atoms with Crippen molar-refractivity contribution in [2.24, 2.45) is 0 Å². The molecule has 1 aliphatic carbocycles. The second kappa shape index (κ2) is 9.26. The summed E-state index contributed by atoms with van der Waals surface area (Å²) in [4.78, 5) is 32.0. The molecular formula is C23H31FN4O3. The van der Waals surface area contributed by atoms with Crippen LogP contribution in [-0.2, 0) is 4.74 Å².